The van der Waals surface area contributed by atoms with Crippen molar-refractivity contribution in [2.24, 2.45) is 0 Å². The maximum Gasteiger partial charge on any atom is 0.461 e. The summed E-state index contributed by atoms with van der Waals surface area (Å²) in [7, 11) is 1.14. The largest absolute Gasteiger partial charge is 0.497 e. The fourth-order valence-corrected chi connectivity index (χ4v) is 1.10. The summed E-state index contributed by atoms with van der Waals surface area (Å²) in [5, 5.41) is 0. The first-order valence-corrected chi connectivity index (χ1v) is 4.44. The Labute approximate surface area is 97.2 Å². The summed E-state index contributed by atoms with van der Waals surface area (Å²) in [6.45, 7) is 0. The average Bonchev–Trinajstić information content (AvgIpc) is 2.26. The van der Waals surface area contributed by atoms with Crippen molar-refractivity contribution in [3.8, 4) is 5.75 Å². The van der Waals surface area contributed by atoms with E-state index in [1.54, 1.807) is 0 Å². The first kappa shape index (κ1) is 14.3. The van der Waals surface area contributed by atoms with Crippen LogP contribution in [0.25, 0.3) is 0 Å². The lowest BCUT2D eigenvalue weighted by Crippen LogP contribution is -2.44. The van der Waals surface area contributed by atoms with Gasteiger partial charge in [0.25, 0.3) is 0 Å². The molecule has 0 bridgehead atoms. The molecule has 0 heterocycles. The molecule has 8 heteroatoms. The second-order valence-corrected chi connectivity index (χ2v) is 3.25. The predicted molar refractivity (Wildman–Crippen MR) is 48.3 cm³/mol. The van der Waals surface area contributed by atoms with Crippen molar-refractivity contribution < 1.29 is 35.9 Å². The van der Waals surface area contributed by atoms with Gasteiger partial charge in [-0.05, 0) is 12.1 Å². The standard InChI is InChI=1S/C10H6F6O2/c1-18-5-2-3-6(7(11)4-5)8(17)9(12,13)10(14,15)16/h2-4H,1H3. The van der Waals surface area contributed by atoms with Gasteiger partial charge in [0.05, 0.1) is 12.7 Å². The van der Waals surface area contributed by atoms with Gasteiger partial charge in [0.1, 0.15) is 11.6 Å². The van der Waals surface area contributed by atoms with Crippen LogP contribution in [0.15, 0.2) is 18.2 Å². The van der Waals surface area contributed by atoms with Gasteiger partial charge in [-0.25, -0.2) is 4.39 Å². The monoisotopic (exact) mass is 272 g/mol. The Balaban J connectivity index is 3.20. The second-order valence-electron chi connectivity index (χ2n) is 3.25. The van der Waals surface area contributed by atoms with Gasteiger partial charge in [0.2, 0.25) is 5.78 Å². The van der Waals surface area contributed by atoms with Crippen molar-refractivity contribution in [1.29, 1.82) is 0 Å². The zero-order valence-corrected chi connectivity index (χ0v) is 8.82. The summed E-state index contributed by atoms with van der Waals surface area (Å²) in [6.07, 6.45) is -6.07. The Morgan fingerprint density at radius 2 is 1.72 bits per heavy atom. The van der Waals surface area contributed by atoms with Gasteiger partial charge < -0.3 is 4.74 Å². The number of hydrogen-bond donors (Lipinski definition) is 0. The van der Waals surface area contributed by atoms with E-state index in [4.69, 9.17) is 0 Å². The first-order chi connectivity index (χ1) is 8.11. The summed E-state index contributed by atoms with van der Waals surface area (Å²) in [5.74, 6) is -9.90. The fraction of sp³-hybridized carbons (Fsp3) is 0.300. The summed E-state index contributed by atoms with van der Waals surface area (Å²) >= 11 is 0. The van der Waals surface area contributed by atoms with Gasteiger partial charge in [0.15, 0.2) is 0 Å². The number of ketones is 1. The highest BCUT2D eigenvalue weighted by Crippen LogP contribution is 2.38. The third kappa shape index (κ3) is 2.41. The Hall–Kier alpha value is -1.73. The first-order valence-electron chi connectivity index (χ1n) is 4.44. The van der Waals surface area contributed by atoms with E-state index >= 15 is 0 Å². The third-order valence-corrected chi connectivity index (χ3v) is 2.06. The van der Waals surface area contributed by atoms with E-state index in [9.17, 15) is 31.1 Å². The van der Waals surface area contributed by atoms with Crippen LogP contribution in [0, 0.1) is 5.82 Å². The lowest BCUT2D eigenvalue weighted by atomic mass is 10.0. The Kier molecular flexibility index (Phi) is 3.59. The van der Waals surface area contributed by atoms with Crippen LogP contribution in [-0.4, -0.2) is 25.0 Å². The maximum atomic E-state index is 13.2. The lowest BCUT2D eigenvalue weighted by Gasteiger charge is -2.18. The van der Waals surface area contributed by atoms with Crippen LogP contribution in [-0.2, 0) is 0 Å². The predicted octanol–water partition coefficient (Wildman–Crippen LogP) is 3.21. The molecule has 1 aromatic rings. The quantitative estimate of drug-likeness (QED) is 0.623. The van der Waals surface area contributed by atoms with Gasteiger partial charge >= 0.3 is 12.1 Å². The van der Waals surface area contributed by atoms with Crippen LogP contribution < -0.4 is 4.74 Å². The molecule has 0 unspecified atom stereocenters. The number of alkyl halides is 5. The highest BCUT2D eigenvalue weighted by molar-refractivity contribution is 6.02. The van der Waals surface area contributed by atoms with E-state index in [-0.39, 0.29) is 5.75 Å². The molecule has 1 aromatic carbocycles. The highest BCUT2D eigenvalue weighted by Gasteiger charge is 2.63. The summed E-state index contributed by atoms with van der Waals surface area (Å²) in [5.41, 5.74) is -1.35. The molecule has 0 saturated carbocycles. The number of hydrogen-bond acceptors (Lipinski definition) is 2. The van der Waals surface area contributed by atoms with E-state index in [1.165, 1.54) is 0 Å². The molecule has 0 amide bonds. The van der Waals surface area contributed by atoms with Gasteiger partial charge in [-0.15, -0.1) is 0 Å². The van der Waals surface area contributed by atoms with Crippen LogP contribution in [0.5, 0.6) is 5.75 Å². The summed E-state index contributed by atoms with van der Waals surface area (Å²) in [6, 6.07) is 1.96. The molecule has 0 fully saturated rings. The molecule has 0 atom stereocenters. The van der Waals surface area contributed by atoms with Crippen molar-refractivity contribution in [1.82, 2.24) is 0 Å². The van der Waals surface area contributed by atoms with Gasteiger partial charge in [-0.1, -0.05) is 0 Å². The molecule has 0 radical (unpaired) electrons. The van der Waals surface area contributed by atoms with Crippen LogP contribution in [0.1, 0.15) is 10.4 Å². The fourth-order valence-electron chi connectivity index (χ4n) is 1.10. The van der Waals surface area contributed by atoms with Crippen molar-refractivity contribution in [3.63, 3.8) is 0 Å². The van der Waals surface area contributed by atoms with E-state index < -0.39 is 29.3 Å². The van der Waals surface area contributed by atoms with Gasteiger partial charge in [-0.2, -0.15) is 22.0 Å². The zero-order chi connectivity index (χ0) is 14.1. The SMILES string of the molecule is COc1ccc(C(=O)C(F)(F)C(F)(F)F)c(F)c1. The number of halogens is 6. The molecule has 100 valence electrons. The van der Waals surface area contributed by atoms with Crippen molar-refractivity contribution in [2.75, 3.05) is 7.11 Å². The number of carbonyl (C=O) groups excluding carboxylic acids is 1. The van der Waals surface area contributed by atoms with Crippen LogP contribution in [0.4, 0.5) is 26.3 Å². The van der Waals surface area contributed by atoms with Crippen LogP contribution in [0.2, 0.25) is 0 Å². The number of methoxy groups -OCH3 is 1. The molecular weight excluding hydrogens is 266 g/mol. The molecule has 0 aromatic heterocycles. The maximum absolute atomic E-state index is 13.2. The molecule has 0 aliphatic carbocycles. The minimum Gasteiger partial charge on any atom is -0.497 e. The topological polar surface area (TPSA) is 26.3 Å². The van der Waals surface area contributed by atoms with E-state index in [2.05, 4.69) is 4.74 Å². The molecule has 0 aliphatic rings. The molecule has 0 spiro atoms. The zero-order valence-electron chi connectivity index (χ0n) is 8.82. The minimum absolute atomic E-state index is 0.112. The number of rotatable bonds is 3. The second kappa shape index (κ2) is 4.51. The number of ether oxygens (including phenoxy) is 1. The van der Waals surface area contributed by atoms with E-state index in [0.29, 0.717) is 12.1 Å². The summed E-state index contributed by atoms with van der Waals surface area (Å²) in [4.78, 5) is 11.0. The molecule has 18 heavy (non-hydrogen) atoms. The molecule has 0 saturated heterocycles. The van der Waals surface area contributed by atoms with Crippen molar-refractivity contribution in [2.45, 2.75) is 12.1 Å². The Morgan fingerprint density at radius 3 is 2.11 bits per heavy atom. The Morgan fingerprint density at radius 1 is 1.17 bits per heavy atom. The Bertz CT molecular complexity index is 466. The molecule has 1 rings (SSSR count). The third-order valence-electron chi connectivity index (χ3n) is 2.06. The molecule has 0 aliphatic heterocycles. The minimum atomic E-state index is -6.07. The lowest BCUT2D eigenvalue weighted by molar-refractivity contribution is -0.255. The van der Waals surface area contributed by atoms with Crippen molar-refractivity contribution >= 4 is 5.78 Å². The van der Waals surface area contributed by atoms with Gasteiger partial charge in [0, 0.05) is 6.07 Å². The summed E-state index contributed by atoms with van der Waals surface area (Å²) < 4.78 is 78.9. The molecular formula is C10H6F6O2. The number of Topliss-reactive ketones (excluding diaryl/α,β-unsaturated/α-hetero) is 1. The van der Waals surface area contributed by atoms with Crippen LogP contribution in [0.3, 0.4) is 0 Å². The number of carbonyl (C=O) groups is 1. The van der Waals surface area contributed by atoms with Gasteiger partial charge in [-0.3, -0.25) is 4.79 Å². The highest BCUT2D eigenvalue weighted by atomic mass is 19.4. The average molecular weight is 272 g/mol. The van der Waals surface area contributed by atoms with E-state index in [1.807, 2.05) is 0 Å². The smallest absolute Gasteiger partial charge is 0.461 e. The normalized spacial score (nSPS) is 12.4. The van der Waals surface area contributed by atoms with Crippen molar-refractivity contribution in [3.05, 3.63) is 29.6 Å². The molecule has 2 nitrogen and oxygen atoms in total. The molecule has 0 N–H and O–H groups in total. The number of benzene rings is 1. The van der Waals surface area contributed by atoms with Crippen LogP contribution >= 0.6 is 0 Å². The van der Waals surface area contributed by atoms with E-state index in [0.717, 1.165) is 13.2 Å².